The zero-order valence-corrected chi connectivity index (χ0v) is 28.8. The first-order valence-electron chi connectivity index (χ1n) is 15.6. The predicted molar refractivity (Wildman–Crippen MR) is 174 cm³/mol. The highest BCUT2D eigenvalue weighted by molar-refractivity contribution is 7.13. The molecule has 3 heterocycles. The van der Waals surface area contributed by atoms with Crippen molar-refractivity contribution in [1.29, 1.82) is 0 Å². The van der Waals surface area contributed by atoms with E-state index in [0.29, 0.717) is 13.1 Å². The molecule has 0 unspecified atom stereocenters. The second-order valence-corrected chi connectivity index (χ2v) is 15.1. The SMILES string of the molecule is Cc1ncsc1-c1ccc([C@H](C)NC(=O)[C@@H]2C[C@@H](O)CN2C(=O)[C@@H](NC(=O)COC2CN(C(=O)OC(C)(C)C)C2)C(C)(C)C)cc1. The Kier molecular flexibility index (Phi) is 10.8. The van der Waals surface area contributed by atoms with Crippen LogP contribution in [0.1, 0.15) is 72.2 Å². The van der Waals surface area contributed by atoms with Gasteiger partial charge in [-0.1, -0.05) is 45.0 Å². The van der Waals surface area contributed by atoms with Crippen LogP contribution >= 0.6 is 11.3 Å². The molecule has 2 aliphatic heterocycles. The maximum Gasteiger partial charge on any atom is 0.410 e. The summed E-state index contributed by atoms with van der Waals surface area (Å²) in [5, 5.41) is 16.3. The molecule has 4 amide bonds. The minimum atomic E-state index is -0.969. The lowest BCUT2D eigenvalue weighted by Gasteiger charge is -2.39. The summed E-state index contributed by atoms with van der Waals surface area (Å²) < 4.78 is 11.0. The summed E-state index contributed by atoms with van der Waals surface area (Å²) in [6.45, 7) is 15.0. The van der Waals surface area contributed by atoms with Crippen LogP contribution in [0.25, 0.3) is 10.4 Å². The molecule has 0 radical (unpaired) electrons. The molecule has 0 aliphatic carbocycles. The smallest absolute Gasteiger partial charge is 0.410 e. The second kappa shape index (κ2) is 14.1. The van der Waals surface area contributed by atoms with Gasteiger partial charge in [0, 0.05) is 13.0 Å². The molecule has 0 saturated carbocycles. The van der Waals surface area contributed by atoms with Crippen molar-refractivity contribution in [3.63, 3.8) is 0 Å². The molecule has 13 heteroatoms. The molecular weight excluding hydrogens is 610 g/mol. The Morgan fingerprint density at radius 3 is 2.26 bits per heavy atom. The number of carbonyl (C=O) groups is 4. The molecule has 1 aromatic carbocycles. The van der Waals surface area contributed by atoms with Crippen molar-refractivity contribution < 1.29 is 33.8 Å². The summed E-state index contributed by atoms with van der Waals surface area (Å²) in [5.41, 5.74) is 3.42. The maximum absolute atomic E-state index is 13.9. The van der Waals surface area contributed by atoms with E-state index in [-0.39, 0.29) is 37.6 Å². The summed E-state index contributed by atoms with van der Waals surface area (Å²) >= 11 is 1.57. The van der Waals surface area contributed by atoms with Crippen LogP contribution in [0.2, 0.25) is 0 Å². The Hall–Kier alpha value is -3.55. The monoisotopic (exact) mass is 657 g/mol. The van der Waals surface area contributed by atoms with Crippen molar-refractivity contribution in [2.24, 2.45) is 5.41 Å². The van der Waals surface area contributed by atoms with E-state index in [1.165, 1.54) is 9.80 Å². The zero-order chi connectivity index (χ0) is 34.0. The lowest BCUT2D eigenvalue weighted by Crippen LogP contribution is -2.59. The molecule has 0 bridgehead atoms. The van der Waals surface area contributed by atoms with Crippen LogP contribution in [-0.4, -0.2) is 99.8 Å². The van der Waals surface area contributed by atoms with E-state index in [0.717, 1.165) is 21.7 Å². The molecule has 1 aromatic heterocycles. The number of rotatable bonds is 9. The van der Waals surface area contributed by atoms with Crippen LogP contribution in [0.5, 0.6) is 0 Å². The average molecular weight is 658 g/mol. The third-order valence-corrected chi connectivity index (χ3v) is 8.99. The average Bonchev–Trinajstić information content (AvgIpc) is 3.54. The molecule has 4 atom stereocenters. The fraction of sp³-hybridized carbons (Fsp3) is 0.606. The lowest BCUT2D eigenvalue weighted by atomic mass is 9.85. The third-order valence-electron chi connectivity index (χ3n) is 8.01. The fourth-order valence-electron chi connectivity index (χ4n) is 5.43. The Morgan fingerprint density at radius 2 is 1.70 bits per heavy atom. The van der Waals surface area contributed by atoms with Gasteiger partial charge in [-0.05, 0) is 51.2 Å². The minimum absolute atomic E-state index is 0.0181. The number of aromatic nitrogens is 1. The topological polar surface area (TPSA) is 150 Å². The third kappa shape index (κ3) is 8.83. The number of likely N-dealkylation sites (tertiary alicyclic amines) is 2. The summed E-state index contributed by atoms with van der Waals surface area (Å²) in [4.78, 5) is 60.7. The van der Waals surface area contributed by atoms with Crippen molar-refractivity contribution in [3.05, 3.63) is 41.0 Å². The van der Waals surface area contributed by atoms with E-state index in [4.69, 9.17) is 9.47 Å². The molecule has 2 saturated heterocycles. The Labute approximate surface area is 274 Å². The summed E-state index contributed by atoms with van der Waals surface area (Å²) in [5.74, 6) is -1.31. The molecule has 46 heavy (non-hydrogen) atoms. The summed E-state index contributed by atoms with van der Waals surface area (Å²) in [6.07, 6.45) is -1.53. The first-order chi connectivity index (χ1) is 21.4. The molecule has 2 fully saturated rings. The number of aliphatic hydroxyl groups excluding tert-OH is 1. The van der Waals surface area contributed by atoms with Crippen LogP contribution in [0.3, 0.4) is 0 Å². The number of benzene rings is 1. The highest BCUT2D eigenvalue weighted by Gasteiger charge is 2.45. The van der Waals surface area contributed by atoms with E-state index < -0.39 is 47.1 Å². The largest absolute Gasteiger partial charge is 0.444 e. The van der Waals surface area contributed by atoms with Crippen molar-refractivity contribution in [1.82, 2.24) is 25.4 Å². The standard InChI is InChI=1S/C33H47N5O7S/c1-19(21-9-11-22(12-10-21)27-20(2)34-18-46-27)35-29(41)25-13-23(39)14-38(25)30(42)28(32(3,4)5)36-26(40)17-44-24-15-37(16-24)31(43)45-33(6,7)8/h9-12,18-19,23-25,28,39H,13-17H2,1-8H3,(H,35,41)(H,36,40)/t19-,23+,25-,28+/m0/s1. The number of aryl methyl sites for hydroxylation is 1. The number of aliphatic hydroxyl groups is 1. The number of hydrogen-bond donors (Lipinski definition) is 3. The van der Waals surface area contributed by atoms with Crippen molar-refractivity contribution in [2.45, 2.75) is 97.7 Å². The van der Waals surface area contributed by atoms with E-state index in [1.807, 2.05) is 64.4 Å². The molecule has 2 aromatic rings. The van der Waals surface area contributed by atoms with Crippen molar-refractivity contribution in [3.8, 4) is 10.4 Å². The molecule has 4 rings (SSSR count). The highest BCUT2D eigenvalue weighted by atomic mass is 32.1. The summed E-state index contributed by atoms with van der Waals surface area (Å²) in [7, 11) is 0. The number of carbonyl (C=O) groups excluding carboxylic acids is 4. The van der Waals surface area contributed by atoms with Crippen LogP contribution in [0.4, 0.5) is 4.79 Å². The van der Waals surface area contributed by atoms with Gasteiger partial charge in [0.25, 0.3) is 0 Å². The van der Waals surface area contributed by atoms with E-state index in [9.17, 15) is 24.3 Å². The van der Waals surface area contributed by atoms with Crippen molar-refractivity contribution in [2.75, 3.05) is 26.2 Å². The lowest BCUT2D eigenvalue weighted by molar-refractivity contribution is -0.145. The van der Waals surface area contributed by atoms with Gasteiger partial charge in [-0.15, -0.1) is 11.3 Å². The number of amides is 4. The van der Waals surface area contributed by atoms with Gasteiger partial charge in [0.1, 0.15) is 24.3 Å². The van der Waals surface area contributed by atoms with Gasteiger partial charge < -0.3 is 35.0 Å². The number of hydrogen-bond acceptors (Lipinski definition) is 9. The van der Waals surface area contributed by atoms with Crippen LogP contribution < -0.4 is 10.6 Å². The quantitative estimate of drug-likeness (QED) is 0.371. The van der Waals surface area contributed by atoms with Crippen LogP contribution in [0.15, 0.2) is 29.8 Å². The Morgan fingerprint density at radius 1 is 1.04 bits per heavy atom. The summed E-state index contributed by atoms with van der Waals surface area (Å²) in [6, 6.07) is 5.70. The zero-order valence-electron chi connectivity index (χ0n) is 28.0. The number of β-amino-alcohol motifs (C(OH)–C–C–N with tert-alkyl or cyclic N) is 1. The molecule has 0 spiro atoms. The Bertz CT molecular complexity index is 1410. The van der Waals surface area contributed by atoms with Gasteiger partial charge in [0.2, 0.25) is 17.7 Å². The second-order valence-electron chi connectivity index (χ2n) is 14.2. The van der Waals surface area contributed by atoms with Gasteiger partial charge in [-0.2, -0.15) is 0 Å². The van der Waals surface area contributed by atoms with E-state index in [1.54, 1.807) is 32.1 Å². The van der Waals surface area contributed by atoms with Crippen molar-refractivity contribution >= 4 is 35.2 Å². The first-order valence-corrected chi connectivity index (χ1v) is 16.5. The predicted octanol–water partition coefficient (Wildman–Crippen LogP) is 3.42. The number of thiazole rings is 1. The first kappa shape index (κ1) is 35.3. The molecule has 252 valence electrons. The van der Waals surface area contributed by atoms with Gasteiger partial charge in [0.05, 0.1) is 47.4 Å². The maximum atomic E-state index is 13.9. The van der Waals surface area contributed by atoms with E-state index >= 15 is 0 Å². The molecular formula is C33H47N5O7S. The molecule has 12 nitrogen and oxygen atoms in total. The van der Waals surface area contributed by atoms with Gasteiger partial charge in [-0.3, -0.25) is 14.4 Å². The number of ether oxygens (including phenoxy) is 2. The fourth-order valence-corrected chi connectivity index (χ4v) is 6.24. The van der Waals surface area contributed by atoms with Crippen LogP contribution in [-0.2, 0) is 23.9 Å². The normalized spacial score (nSPS) is 20.1. The highest BCUT2D eigenvalue weighted by Crippen LogP contribution is 2.29. The van der Waals surface area contributed by atoms with Gasteiger partial charge in [-0.25, -0.2) is 9.78 Å². The number of nitrogens with zero attached hydrogens (tertiary/aromatic N) is 3. The molecule has 2 aliphatic rings. The van der Waals surface area contributed by atoms with E-state index in [2.05, 4.69) is 15.6 Å². The Balaban J connectivity index is 1.33. The minimum Gasteiger partial charge on any atom is -0.444 e. The van der Waals surface area contributed by atoms with Crippen LogP contribution in [0, 0.1) is 12.3 Å². The van der Waals surface area contributed by atoms with Gasteiger partial charge >= 0.3 is 6.09 Å². The number of nitrogens with one attached hydrogen (secondary N) is 2. The molecule has 3 N–H and O–H groups in total. The van der Waals surface area contributed by atoms with Gasteiger partial charge in [0.15, 0.2) is 0 Å².